The van der Waals surface area contributed by atoms with Crippen LogP contribution in [0.15, 0.2) is 30.3 Å². The van der Waals surface area contributed by atoms with Gasteiger partial charge < -0.3 is 10.2 Å². The van der Waals surface area contributed by atoms with E-state index in [2.05, 4.69) is 39.5 Å². The van der Waals surface area contributed by atoms with E-state index < -0.39 is 0 Å². The lowest BCUT2D eigenvalue weighted by Gasteiger charge is -2.32. The number of aromatic amines is 1. The molecule has 2 N–H and O–H groups in total. The third-order valence-electron chi connectivity index (χ3n) is 4.21. The largest absolute Gasteiger partial charge is 0.372 e. The standard InChI is InChI=1S/C17H22N4O/c1-12-7-9-21(10-8-12)15-5-3-14(4-6-15)18-17(22)16-11-13(2)19-20-16/h3-6,11-12H,7-10H2,1-2H3,(H,18,22)(H,19,20). The number of rotatable bonds is 3. The summed E-state index contributed by atoms with van der Waals surface area (Å²) in [6, 6.07) is 9.77. The molecule has 1 aliphatic rings. The second-order valence-electron chi connectivity index (χ2n) is 6.11. The number of aromatic nitrogens is 2. The average Bonchev–Trinajstić information content (AvgIpc) is 2.96. The predicted octanol–water partition coefficient (Wildman–Crippen LogP) is 3.21. The van der Waals surface area contributed by atoms with Gasteiger partial charge in [-0.1, -0.05) is 6.92 Å². The molecule has 1 amide bonds. The molecular formula is C17H22N4O. The van der Waals surface area contributed by atoms with E-state index >= 15 is 0 Å². The van der Waals surface area contributed by atoms with Crippen molar-refractivity contribution in [3.8, 4) is 0 Å². The summed E-state index contributed by atoms with van der Waals surface area (Å²) < 4.78 is 0. The lowest BCUT2D eigenvalue weighted by atomic mass is 9.99. The summed E-state index contributed by atoms with van der Waals surface area (Å²) in [4.78, 5) is 14.5. The zero-order valence-corrected chi connectivity index (χ0v) is 13.1. The third kappa shape index (κ3) is 3.30. The number of carbonyl (C=O) groups is 1. The molecule has 2 heterocycles. The number of aryl methyl sites for hydroxylation is 1. The first kappa shape index (κ1) is 14.6. The Hall–Kier alpha value is -2.30. The van der Waals surface area contributed by atoms with Gasteiger partial charge in [-0.15, -0.1) is 0 Å². The molecule has 1 aliphatic heterocycles. The molecule has 3 rings (SSSR count). The Balaban J connectivity index is 1.63. The molecule has 116 valence electrons. The predicted molar refractivity (Wildman–Crippen MR) is 88.3 cm³/mol. The van der Waals surface area contributed by atoms with Crippen molar-refractivity contribution < 1.29 is 4.79 Å². The smallest absolute Gasteiger partial charge is 0.276 e. The van der Waals surface area contributed by atoms with Gasteiger partial charge in [-0.25, -0.2) is 0 Å². The van der Waals surface area contributed by atoms with Crippen LogP contribution in [-0.4, -0.2) is 29.2 Å². The van der Waals surface area contributed by atoms with Crippen LogP contribution in [0.2, 0.25) is 0 Å². The molecule has 0 bridgehead atoms. The van der Waals surface area contributed by atoms with Crippen molar-refractivity contribution in [2.45, 2.75) is 26.7 Å². The number of amides is 1. The Labute approximate surface area is 130 Å². The first-order valence-electron chi connectivity index (χ1n) is 7.80. The van der Waals surface area contributed by atoms with Crippen LogP contribution in [-0.2, 0) is 0 Å². The zero-order valence-electron chi connectivity index (χ0n) is 13.1. The van der Waals surface area contributed by atoms with Crippen LogP contribution in [0.3, 0.4) is 0 Å². The molecule has 5 nitrogen and oxygen atoms in total. The molecule has 1 aromatic carbocycles. The van der Waals surface area contributed by atoms with Gasteiger partial charge in [-0.05, 0) is 56.0 Å². The summed E-state index contributed by atoms with van der Waals surface area (Å²) in [5.41, 5.74) is 3.30. The van der Waals surface area contributed by atoms with Crippen molar-refractivity contribution in [3.05, 3.63) is 41.7 Å². The molecule has 1 aromatic heterocycles. The van der Waals surface area contributed by atoms with Crippen molar-refractivity contribution in [2.75, 3.05) is 23.3 Å². The molecule has 0 radical (unpaired) electrons. The molecule has 0 unspecified atom stereocenters. The van der Waals surface area contributed by atoms with Gasteiger partial charge in [0.15, 0.2) is 5.69 Å². The highest BCUT2D eigenvalue weighted by Crippen LogP contribution is 2.24. The van der Waals surface area contributed by atoms with E-state index in [1.54, 1.807) is 6.07 Å². The van der Waals surface area contributed by atoms with Gasteiger partial charge in [-0.2, -0.15) is 5.10 Å². The highest BCUT2D eigenvalue weighted by atomic mass is 16.1. The molecule has 1 fully saturated rings. The molecule has 1 saturated heterocycles. The van der Waals surface area contributed by atoms with Crippen molar-refractivity contribution in [1.29, 1.82) is 0 Å². The molecule has 5 heteroatoms. The number of H-pyrrole nitrogens is 1. The van der Waals surface area contributed by atoms with Crippen LogP contribution in [0, 0.1) is 12.8 Å². The van der Waals surface area contributed by atoms with Crippen LogP contribution in [0.1, 0.15) is 35.9 Å². The van der Waals surface area contributed by atoms with Gasteiger partial charge in [-0.3, -0.25) is 9.89 Å². The average molecular weight is 298 g/mol. The zero-order chi connectivity index (χ0) is 15.5. The number of nitrogens with one attached hydrogen (secondary N) is 2. The number of carbonyl (C=O) groups excluding carboxylic acids is 1. The monoisotopic (exact) mass is 298 g/mol. The van der Waals surface area contributed by atoms with E-state index in [1.165, 1.54) is 18.5 Å². The van der Waals surface area contributed by atoms with Gasteiger partial charge in [0.25, 0.3) is 5.91 Å². The number of hydrogen-bond donors (Lipinski definition) is 2. The molecule has 0 atom stereocenters. The van der Waals surface area contributed by atoms with Gasteiger partial charge in [0.2, 0.25) is 0 Å². The first-order valence-corrected chi connectivity index (χ1v) is 7.80. The Morgan fingerprint density at radius 1 is 1.27 bits per heavy atom. The lowest BCUT2D eigenvalue weighted by Crippen LogP contribution is -2.32. The van der Waals surface area contributed by atoms with Crippen LogP contribution < -0.4 is 10.2 Å². The van der Waals surface area contributed by atoms with Gasteiger partial charge in [0, 0.05) is 30.2 Å². The van der Waals surface area contributed by atoms with Crippen molar-refractivity contribution in [1.82, 2.24) is 10.2 Å². The lowest BCUT2D eigenvalue weighted by molar-refractivity contribution is 0.102. The summed E-state index contributed by atoms with van der Waals surface area (Å²) in [5.74, 6) is 0.635. The number of nitrogens with zero attached hydrogens (tertiary/aromatic N) is 2. The minimum absolute atomic E-state index is 0.191. The first-order chi connectivity index (χ1) is 10.6. The van der Waals surface area contributed by atoms with Gasteiger partial charge in [0.1, 0.15) is 0 Å². The highest BCUT2D eigenvalue weighted by molar-refractivity contribution is 6.02. The second-order valence-corrected chi connectivity index (χ2v) is 6.11. The summed E-state index contributed by atoms with van der Waals surface area (Å²) in [6.45, 7) is 6.41. The Bertz CT molecular complexity index is 639. The van der Waals surface area contributed by atoms with E-state index in [-0.39, 0.29) is 5.91 Å². The molecule has 0 spiro atoms. The fourth-order valence-corrected chi connectivity index (χ4v) is 2.75. The molecule has 22 heavy (non-hydrogen) atoms. The van der Waals surface area contributed by atoms with Crippen molar-refractivity contribution >= 4 is 17.3 Å². The minimum Gasteiger partial charge on any atom is -0.372 e. The summed E-state index contributed by atoms with van der Waals surface area (Å²) in [5, 5.41) is 9.61. The fraction of sp³-hybridized carbons (Fsp3) is 0.412. The van der Waals surface area contributed by atoms with E-state index in [1.807, 2.05) is 19.1 Å². The summed E-state index contributed by atoms with van der Waals surface area (Å²) in [7, 11) is 0. The Morgan fingerprint density at radius 2 is 1.95 bits per heavy atom. The Kier molecular flexibility index (Phi) is 4.13. The van der Waals surface area contributed by atoms with Gasteiger partial charge >= 0.3 is 0 Å². The summed E-state index contributed by atoms with van der Waals surface area (Å²) >= 11 is 0. The van der Waals surface area contributed by atoms with Crippen LogP contribution >= 0.6 is 0 Å². The van der Waals surface area contributed by atoms with Crippen molar-refractivity contribution in [2.24, 2.45) is 5.92 Å². The maximum atomic E-state index is 12.0. The van der Waals surface area contributed by atoms with Crippen molar-refractivity contribution in [3.63, 3.8) is 0 Å². The topological polar surface area (TPSA) is 61.0 Å². The maximum Gasteiger partial charge on any atom is 0.276 e. The van der Waals surface area contributed by atoms with Crippen LogP contribution in [0.4, 0.5) is 11.4 Å². The van der Waals surface area contributed by atoms with Crippen LogP contribution in [0.25, 0.3) is 0 Å². The van der Waals surface area contributed by atoms with E-state index in [4.69, 9.17) is 0 Å². The van der Waals surface area contributed by atoms with Crippen LogP contribution in [0.5, 0.6) is 0 Å². The summed E-state index contributed by atoms with van der Waals surface area (Å²) in [6.07, 6.45) is 2.49. The molecular weight excluding hydrogens is 276 g/mol. The number of anilines is 2. The fourth-order valence-electron chi connectivity index (χ4n) is 2.75. The molecule has 0 saturated carbocycles. The second kappa shape index (κ2) is 6.22. The minimum atomic E-state index is -0.191. The number of hydrogen-bond acceptors (Lipinski definition) is 3. The number of benzene rings is 1. The quantitative estimate of drug-likeness (QED) is 0.914. The SMILES string of the molecule is Cc1cc(C(=O)Nc2ccc(N3CCC(C)CC3)cc2)n[nH]1. The van der Waals surface area contributed by atoms with Gasteiger partial charge in [0.05, 0.1) is 0 Å². The maximum absolute atomic E-state index is 12.0. The number of piperidine rings is 1. The highest BCUT2D eigenvalue weighted by Gasteiger charge is 2.16. The van der Waals surface area contributed by atoms with E-state index in [0.717, 1.165) is 30.4 Å². The third-order valence-corrected chi connectivity index (χ3v) is 4.21. The molecule has 2 aromatic rings. The normalized spacial score (nSPS) is 15.8. The Morgan fingerprint density at radius 3 is 2.55 bits per heavy atom. The van der Waals surface area contributed by atoms with E-state index in [0.29, 0.717) is 5.69 Å². The van der Waals surface area contributed by atoms with E-state index in [9.17, 15) is 4.79 Å². The molecule has 0 aliphatic carbocycles.